The van der Waals surface area contributed by atoms with Crippen molar-refractivity contribution in [3.63, 3.8) is 0 Å². The Morgan fingerprint density at radius 2 is 1.53 bits per heavy atom. The van der Waals surface area contributed by atoms with Gasteiger partial charge in [0.15, 0.2) is 15.3 Å². The van der Waals surface area contributed by atoms with Gasteiger partial charge in [0, 0.05) is 16.3 Å². The van der Waals surface area contributed by atoms with Crippen LogP contribution >= 0.6 is 34.7 Å². The summed E-state index contributed by atoms with van der Waals surface area (Å²) in [4.78, 5) is 47.2. The summed E-state index contributed by atoms with van der Waals surface area (Å²) in [6, 6.07) is 35.6. The Morgan fingerprint density at radius 3 is 2.39 bits per heavy atom. The average Bonchev–Trinajstić information content (AvgIpc) is 3.77. The normalized spacial score (nSPS) is 16.7. The summed E-state index contributed by atoms with van der Waals surface area (Å²) in [6.07, 6.45) is 0. The standard InChI is InChI=1S/C38H23ClN4O4S2/c39-25-18-16-22(17-19-25)20-42-29-14-5-4-13-28(29)38(35(42)46)31-32(44)27-12-3-6-15-30(27)47-33(31)34(45)43(38)36-40-41-37(49-36)48-21-24-10-7-9-23-8-1-2-11-26(23)24/h1-19H,20-21H2. The van der Waals surface area contributed by atoms with Gasteiger partial charge in [-0.3, -0.25) is 19.3 Å². The number of benzene rings is 5. The average molecular weight is 699 g/mol. The molecule has 4 heterocycles. The molecule has 0 N–H and O–H groups in total. The molecule has 1 atom stereocenters. The summed E-state index contributed by atoms with van der Waals surface area (Å²) >= 11 is 8.86. The molecule has 0 saturated heterocycles. The van der Waals surface area contributed by atoms with Gasteiger partial charge in [-0.1, -0.05) is 120 Å². The molecule has 2 aliphatic rings. The Morgan fingerprint density at radius 1 is 0.796 bits per heavy atom. The Labute approximate surface area is 292 Å². The maximum absolute atomic E-state index is 15.2. The number of nitrogens with zero attached hydrogens (tertiary/aromatic N) is 4. The zero-order valence-corrected chi connectivity index (χ0v) is 27.9. The number of amides is 2. The number of aromatic nitrogens is 2. The van der Waals surface area contributed by atoms with Crippen LogP contribution in [0.2, 0.25) is 5.02 Å². The van der Waals surface area contributed by atoms with Gasteiger partial charge < -0.3 is 9.32 Å². The lowest BCUT2D eigenvalue weighted by Crippen LogP contribution is -2.53. The highest BCUT2D eigenvalue weighted by Gasteiger charge is 2.66. The minimum absolute atomic E-state index is 0.0209. The summed E-state index contributed by atoms with van der Waals surface area (Å²) in [6.45, 7) is 0.188. The molecule has 238 valence electrons. The number of anilines is 2. The number of hydrogen-bond acceptors (Lipinski definition) is 8. The van der Waals surface area contributed by atoms with Crippen molar-refractivity contribution in [3.8, 4) is 0 Å². The monoisotopic (exact) mass is 698 g/mol. The van der Waals surface area contributed by atoms with E-state index in [2.05, 4.69) is 34.5 Å². The van der Waals surface area contributed by atoms with Crippen molar-refractivity contribution in [1.82, 2.24) is 10.2 Å². The molecule has 8 nitrogen and oxygen atoms in total. The van der Waals surface area contributed by atoms with Crippen molar-refractivity contribution in [3.05, 3.63) is 159 Å². The number of hydrogen-bond donors (Lipinski definition) is 0. The summed E-state index contributed by atoms with van der Waals surface area (Å²) in [7, 11) is 0. The van der Waals surface area contributed by atoms with Gasteiger partial charge in [0.25, 0.3) is 11.8 Å². The lowest BCUT2D eigenvalue weighted by atomic mass is 9.84. The zero-order chi connectivity index (χ0) is 33.3. The summed E-state index contributed by atoms with van der Waals surface area (Å²) in [5.41, 5.74) is 0.967. The van der Waals surface area contributed by atoms with E-state index in [4.69, 9.17) is 16.0 Å². The van der Waals surface area contributed by atoms with Crippen LogP contribution in [0.25, 0.3) is 21.7 Å². The highest BCUT2D eigenvalue weighted by atomic mass is 35.5. The van der Waals surface area contributed by atoms with Crippen molar-refractivity contribution in [2.24, 2.45) is 0 Å². The number of carbonyl (C=O) groups is 2. The molecular formula is C38H23ClN4O4S2. The van der Waals surface area contributed by atoms with Gasteiger partial charge in [-0.25, -0.2) is 0 Å². The quantitative estimate of drug-likeness (QED) is 0.128. The summed E-state index contributed by atoms with van der Waals surface area (Å²) in [5, 5.41) is 12.3. The minimum Gasteiger partial charge on any atom is -0.450 e. The van der Waals surface area contributed by atoms with E-state index in [1.165, 1.54) is 28.0 Å². The Kier molecular flexibility index (Phi) is 6.94. The molecule has 0 bridgehead atoms. The molecule has 49 heavy (non-hydrogen) atoms. The molecule has 2 aromatic heterocycles. The fourth-order valence-corrected chi connectivity index (χ4v) is 8.97. The van der Waals surface area contributed by atoms with Crippen LogP contribution < -0.4 is 15.2 Å². The van der Waals surface area contributed by atoms with Crippen LogP contribution in [0.1, 0.15) is 32.8 Å². The van der Waals surface area contributed by atoms with E-state index in [1.807, 2.05) is 42.5 Å². The topological polar surface area (TPSA) is 96.6 Å². The maximum Gasteiger partial charge on any atom is 0.297 e. The number of rotatable bonds is 6. The van der Waals surface area contributed by atoms with E-state index in [0.29, 0.717) is 26.4 Å². The fraction of sp³-hybridized carbons (Fsp3) is 0.0789. The van der Waals surface area contributed by atoms with E-state index in [1.54, 1.807) is 53.4 Å². The third-order valence-corrected chi connectivity index (χ3v) is 11.4. The molecule has 11 heteroatoms. The Hall–Kier alpha value is -5.29. The number of para-hydroxylation sites is 2. The predicted octanol–water partition coefficient (Wildman–Crippen LogP) is 8.19. The zero-order valence-electron chi connectivity index (χ0n) is 25.5. The molecule has 2 aliphatic heterocycles. The third-order valence-electron chi connectivity index (χ3n) is 9.10. The second-order valence-electron chi connectivity index (χ2n) is 11.8. The first kappa shape index (κ1) is 29.8. The van der Waals surface area contributed by atoms with Gasteiger partial charge >= 0.3 is 0 Å². The van der Waals surface area contributed by atoms with Crippen molar-refractivity contribution in [2.45, 2.75) is 22.2 Å². The van der Waals surface area contributed by atoms with E-state index >= 15 is 4.79 Å². The number of thioether (sulfide) groups is 1. The lowest BCUT2D eigenvalue weighted by Gasteiger charge is -2.32. The second-order valence-corrected chi connectivity index (χ2v) is 14.4. The van der Waals surface area contributed by atoms with Gasteiger partial charge in [-0.05, 0) is 52.2 Å². The Balaban J connectivity index is 1.20. The smallest absolute Gasteiger partial charge is 0.297 e. The van der Waals surface area contributed by atoms with E-state index in [0.717, 1.165) is 21.9 Å². The van der Waals surface area contributed by atoms with Crippen LogP contribution in [-0.2, 0) is 22.6 Å². The molecule has 0 fully saturated rings. The fourth-order valence-electron chi connectivity index (χ4n) is 6.95. The molecule has 0 aliphatic carbocycles. The molecule has 0 radical (unpaired) electrons. The maximum atomic E-state index is 15.2. The van der Waals surface area contributed by atoms with E-state index in [9.17, 15) is 9.59 Å². The van der Waals surface area contributed by atoms with Gasteiger partial charge in [0.05, 0.1) is 23.2 Å². The highest BCUT2D eigenvalue weighted by Crippen LogP contribution is 2.55. The molecule has 9 rings (SSSR count). The van der Waals surface area contributed by atoms with Gasteiger partial charge in [0.2, 0.25) is 10.9 Å². The SMILES string of the molecule is O=C1c2oc3ccccc3c(=O)c2C2(C(=O)N(Cc3ccc(Cl)cc3)c3ccccc32)N1c1nnc(SCc2cccc3ccccc23)s1. The van der Waals surface area contributed by atoms with Crippen LogP contribution in [0.5, 0.6) is 0 Å². The predicted molar refractivity (Wildman–Crippen MR) is 193 cm³/mol. The Bertz CT molecular complexity index is 2550. The summed E-state index contributed by atoms with van der Waals surface area (Å²) in [5.74, 6) is -0.646. The molecule has 1 unspecified atom stereocenters. The van der Waals surface area contributed by atoms with Crippen LogP contribution in [0.3, 0.4) is 0 Å². The van der Waals surface area contributed by atoms with Crippen molar-refractivity contribution in [1.29, 1.82) is 0 Å². The molecule has 7 aromatic rings. The third kappa shape index (κ3) is 4.48. The largest absolute Gasteiger partial charge is 0.450 e. The second kappa shape index (κ2) is 11.4. The minimum atomic E-state index is -1.86. The number of fused-ring (bicyclic) bond motifs is 6. The molecule has 1 spiro atoms. The molecule has 2 amide bonds. The first-order valence-corrected chi connectivity index (χ1v) is 17.6. The first-order chi connectivity index (χ1) is 23.9. The van der Waals surface area contributed by atoms with E-state index in [-0.39, 0.29) is 34.0 Å². The molecule has 5 aromatic carbocycles. The first-order valence-electron chi connectivity index (χ1n) is 15.4. The number of halogens is 1. The van der Waals surface area contributed by atoms with Crippen molar-refractivity contribution in [2.75, 3.05) is 9.80 Å². The molecule has 0 saturated carbocycles. The van der Waals surface area contributed by atoms with Crippen molar-refractivity contribution < 1.29 is 14.0 Å². The number of carbonyl (C=O) groups excluding carboxylic acids is 2. The van der Waals surface area contributed by atoms with Gasteiger partial charge in [0.1, 0.15) is 5.58 Å². The van der Waals surface area contributed by atoms with Crippen LogP contribution in [-0.4, -0.2) is 22.0 Å². The van der Waals surface area contributed by atoms with Gasteiger partial charge in [-0.15, -0.1) is 10.2 Å². The van der Waals surface area contributed by atoms with Crippen LogP contribution in [0.15, 0.2) is 129 Å². The van der Waals surface area contributed by atoms with Crippen LogP contribution in [0, 0.1) is 0 Å². The molecular weight excluding hydrogens is 676 g/mol. The highest BCUT2D eigenvalue weighted by molar-refractivity contribution is 8.00. The van der Waals surface area contributed by atoms with Gasteiger partial charge in [-0.2, -0.15) is 0 Å². The summed E-state index contributed by atoms with van der Waals surface area (Å²) < 4.78 is 6.81. The van der Waals surface area contributed by atoms with Crippen molar-refractivity contribution >= 4 is 79.1 Å². The van der Waals surface area contributed by atoms with E-state index < -0.39 is 22.8 Å². The van der Waals surface area contributed by atoms with Crippen LogP contribution in [0.4, 0.5) is 10.8 Å². The lowest BCUT2D eigenvalue weighted by molar-refractivity contribution is -0.121.